The molecule has 1 saturated heterocycles. The van der Waals surface area contributed by atoms with E-state index in [1.54, 1.807) is 12.4 Å². The van der Waals surface area contributed by atoms with E-state index in [9.17, 15) is 4.79 Å². The zero-order valence-corrected chi connectivity index (χ0v) is 12.0. The molecular formula is C14H20N4O3. The third-order valence-corrected chi connectivity index (χ3v) is 3.93. The summed E-state index contributed by atoms with van der Waals surface area (Å²) >= 11 is 0. The number of nitrogens with two attached hydrogens (primary N) is 1. The van der Waals surface area contributed by atoms with Crippen LogP contribution in [0.25, 0.3) is 0 Å². The highest BCUT2D eigenvalue weighted by Crippen LogP contribution is 2.32. The molecule has 0 saturated carbocycles. The SMILES string of the molecule is CC(NC(=O)C1(C(N)=NO)CCOCC1)c1ccncc1. The summed E-state index contributed by atoms with van der Waals surface area (Å²) in [5.74, 6) is -0.310. The van der Waals surface area contributed by atoms with Gasteiger partial charge in [0.1, 0.15) is 5.41 Å². The van der Waals surface area contributed by atoms with Gasteiger partial charge in [0.15, 0.2) is 5.84 Å². The first kappa shape index (κ1) is 15.2. The maximum atomic E-state index is 12.6. The molecule has 0 aromatic carbocycles. The molecule has 1 aliphatic rings. The molecule has 1 aromatic heterocycles. The predicted molar refractivity (Wildman–Crippen MR) is 76.7 cm³/mol. The molecule has 1 aliphatic heterocycles. The summed E-state index contributed by atoms with van der Waals surface area (Å²) in [6.45, 7) is 2.70. The van der Waals surface area contributed by atoms with Crippen LogP contribution >= 0.6 is 0 Å². The van der Waals surface area contributed by atoms with Crippen LogP contribution in [-0.2, 0) is 9.53 Å². The Balaban J connectivity index is 2.16. The standard InChI is InChI=1S/C14H20N4O3/c1-10(11-2-6-16-7-3-11)17-13(19)14(12(15)18-20)4-8-21-9-5-14/h2-3,6-7,10,20H,4-5,8-9H2,1H3,(H2,15,18)(H,17,19). The van der Waals surface area contributed by atoms with E-state index in [1.165, 1.54) is 0 Å². The average molecular weight is 292 g/mol. The van der Waals surface area contributed by atoms with E-state index in [1.807, 2.05) is 19.1 Å². The second kappa shape index (κ2) is 6.53. The molecule has 2 rings (SSSR count). The predicted octanol–water partition coefficient (Wildman–Crippen LogP) is 0.802. The minimum atomic E-state index is -1.01. The maximum Gasteiger partial charge on any atom is 0.234 e. The van der Waals surface area contributed by atoms with Crippen molar-refractivity contribution >= 4 is 11.7 Å². The second-order valence-corrected chi connectivity index (χ2v) is 5.16. The zero-order chi connectivity index (χ0) is 15.3. The fourth-order valence-electron chi connectivity index (χ4n) is 2.49. The van der Waals surface area contributed by atoms with Crippen LogP contribution in [0.3, 0.4) is 0 Å². The highest BCUT2D eigenvalue weighted by atomic mass is 16.5. The van der Waals surface area contributed by atoms with E-state index >= 15 is 0 Å². The third-order valence-electron chi connectivity index (χ3n) is 3.93. The van der Waals surface area contributed by atoms with Gasteiger partial charge in [-0.25, -0.2) is 0 Å². The number of carbonyl (C=O) groups excluding carboxylic acids is 1. The first-order valence-electron chi connectivity index (χ1n) is 6.87. The normalized spacial score (nSPS) is 19.8. The van der Waals surface area contributed by atoms with Crippen molar-refractivity contribution in [2.45, 2.75) is 25.8 Å². The number of amides is 1. The Bertz CT molecular complexity index is 512. The van der Waals surface area contributed by atoms with Crippen LogP contribution in [0.1, 0.15) is 31.4 Å². The van der Waals surface area contributed by atoms with Crippen LogP contribution in [0.2, 0.25) is 0 Å². The average Bonchev–Trinajstić information content (AvgIpc) is 2.55. The van der Waals surface area contributed by atoms with E-state index in [-0.39, 0.29) is 17.8 Å². The fraction of sp³-hybridized carbons (Fsp3) is 0.500. The van der Waals surface area contributed by atoms with E-state index in [2.05, 4.69) is 15.5 Å². The zero-order valence-electron chi connectivity index (χ0n) is 12.0. The number of hydrogen-bond acceptors (Lipinski definition) is 5. The molecule has 0 aliphatic carbocycles. The molecule has 1 atom stereocenters. The van der Waals surface area contributed by atoms with Gasteiger partial charge in [0, 0.05) is 25.6 Å². The molecule has 4 N–H and O–H groups in total. The van der Waals surface area contributed by atoms with Crippen molar-refractivity contribution in [3.63, 3.8) is 0 Å². The lowest BCUT2D eigenvalue weighted by molar-refractivity contribution is -0.132. The number of pyridine rings is 1. The lowest BCUT2D eigenvalue weighted by Gasteiger charge is -2.35. The van der Waals surface area contributed by atoms with Crippen LogP contribution < -0.4 is 11.1 Å². The molecule has 7 nitrogen and oxygen atoms in total. The Labute approximate surface area is 123 Å². The topological polar surface area (TPSA) is 110 Å². The molecule has 1 unspecified atom stereocenters. The van der Waals surface area contributed by atoms with Gasteiger partial charge in [0.25, 0.3) is 0 Å². The summed E-state index contributed by atoms with van der Waals surface area (Å²) in [5.41, 5.74) is 5.71. The van der Waals surface area contributed by atoms with Crippen LogP contribution in [-0.4, -0.2) is 35.1 Å². The molecule has 1 fully saturated rings. The third kappa shape index (κ3) is 3.13. The summed E-state index contributed by atoms with van der Waals surface area (Å²) in [4.78, 5) is 16.6. The summed E-state index contributed by atoms with van der Waals surface area (Å²) in [7, 11) is 0. The van der Waals surface area contributed by atoms with Crippen molar-refractivity contribution in [1.29, 1.82) is 0 Å². The van der Waals surface area contributed by atoms with Gasteiger partial charge in [0.2, 0.25) is 5.91 Å². The highest BCUT2D eigenvalue weighted by molar-refractivity contribution is 6.06. The monoisotopic (exact) mass is 292 g/mol. The van der Waals surface area contributed by atoms with E-state index in [0.29, 0.717) is 26.1 Å². The van der Waals surface area contributed by atoms with Gasteiger partial charge in [-0.15, -0.1) is 0 Å². The van der Waals surface area contributed by atoms with E-state index < -0.39 is 5.41 Å². The molecule has 1 amide bonds. The van der Waals surface area contributed by atoms with E-state index in [4.69, 9.17) is 15.7 Å². The number of carbonyl (C=O) groups is 1. The summed E-state index contributed by atoms with van der Waals surface area (Å²) in [6.07, 6.45) is 4.15. The van der Waals surface area contributed by atoms with Crippen molar-refractivity contribution in [1.82, 2.24) is 10.3 Å². The Hall–Kier alpha value is -2.15. The number of amidine groups is 1. The maximum absolute atomic E-state index is 12.6. The smallest absolute Gasteiger partial charge is 0.234 e. The van der Waals surface area contributed by atoms with Gasteiger partial charge >= 0.3 is 0 Å². The number of oxime groups is 1. The Kier molecular flexibility index (Phi) is 4.74. The molecule has 7 heteroatoms. The molecular weight excluding hydrogens is 272 g/mol. The number of nitrogens with one attached hydrogen (secondary N) is 1. The second-order valence-electron chi connectivity index (χ2n) is 5.16. The molecule has 2 heterocycles. The number of nitrogens with zero attached hydrogens (tertiary/aromatic N) is 2. The van der Waals surface area contributed by atoms with Crippen LogP contribution in [0.15, 0.2) is 29.7 Å². The molecule has 0 bridgehead atoms. The van der Waals surface area contributed by atoms with Crippen molar-refractivity contribution in [3.05, 3.63) is 30.1 Å². The molecule has 1 aromatic rings. The van der Waals surface area contributed by atoms with Gasteiger partial charge in [0.05, 0.1) is 6.04 Å². The van der Waals surface area contributed by atoms with Gasteiger partial charge in [-0.3, -0.25) is 9.78 Å². The summed E-state index contributed by atoms with van der Waals surface area (Å²) in [6, 6.07) is 3.49. The Morgan fingerprint density at radius 3 is 2.67 bits per heavy atom. The molecule has 114 valence electrons. The van der Waals surface area contributed by atoms with Crippen molar-refractivity contribution in [2.24, 2.45) is 16.3 Å². The quantitative estimate of drug-likeness (QED) is 0.329. The van der Waals surface area contributed by atoms with Gasteiger partial charge in [-0.05, 0) is 37.5 Å². The van der Waals surface area contributed by atoms with Crippen LogP contribution in [0.4, 0.5) is 0 Å². The Morgan fingerprint density at radius 1 is 1.48 bits per heavy atom. The van der Waals surface area contributed by atoms with Gasteiger partial charge in [-0.1, -0.05) is 5.16 Å². The van der Waals surface area contributed by atoms with Crippen molar-refractivity contribution in [2.75, 3.05) is 13.2 Å². The van der Waals surface area contributed by atoms with Gasteiger partial charge < -0.3 is 21.0 Å². The minimum Gasteiger partial charge on any atom is -0.409 e. The van der Waals surface area contributed by atoms with Crippen LogP contribution in [0.5, 0.6) is 0 Å². The molecule has 0 spiro atoms. The van der Waals surface area contributed by atoms with E-state index in [0.717, 1.165) is 5.56 Å². The largest absolute Gasteiger partial charge is 0.409 e. The lowest BCUT2D eigenvalue weighted by atomic mass is 9.78. The first-order valence-corrected chi connectivity index (χ1v) is 6.87. The van der Waals surface area contributed by atoms with Crippen molar-refractivity contribution in [3.8, 4) is 0 Å². The molecule has 0 radical (unpaired) electrons. The Morgan fingerprint density at radius 2 is 2.10 bits per heavy atom. The van der Waals surface area contributed by atoms with Gasteiger partial charge in [-0.2, -0.15) is 0 Å². The number of ether oxygens (including phenoxy) is 1. The summed E-state index contributed by atoms with van der Waals surface area (Å²) < 4.78 is 5.28. The highest BCUT2D eigenvalue weighted by Gasteiger charge is 2.44. The number of hydrogen-bond donors (Lipinski definition) is 3. The van der Waals surface area contributed by atoms with Crippen molar-refractivity contribution < 1.29 is 14.7 Å². The summed E-state index contributed by atoms with van der Waals surface area (Å²) in [5, 5.41) is 15.0. The van der Waals surface area contributed by atoms with Crippen LogP contribution in [0, 0.1) is 5.41 Å². The number of rotatable bonds is 4. The fourth-order valence-corrected chi connectivity index (χ4v) is 2.49. The lowest BCUT2D eigenvalue weighted by Crippen LogP contribution is -2.53. The first-order chi connectivity index (χ1) is 10.1. The molecule has 21 heavy (non-hydrogen) atoms. The number of aromatic nitrogens is 1. The minimum absolute atomic E-state index is 0.0646.